The Hall–Kier alpha value is -2.07. The van der Waals surface area contributed by atoms with Crippen molar-refractivity contribution < 1.29 is 14.3 Å². The van der Waals surface area contributed by atoms with Crippen LogP contribution >= 0.6 is 0 Å². The van der Waals surface area contributed by atoms with Crippen molar-refractivity contribution in [2.45, 2.75) is 56.8 Å². The van der Waals surface area contributed by atoms with Crippen LogP contribution in [0.5, 0.6) is 0 Å². The molecule has 9 nitrogen and oxygen atoms in total. The molecule has 7 unspecified atom stereocenters. The molecule has 4 aliphatic heterocycles. The van der Waals surface area contributed by atoms with Crippen molar-refractivity contribution in [2.75, 3.05) is 46.4 Å². The maximum absolute atomic E-state index is 14.0. The topological polar surface area (TPSA) is 90.0 Å². The summed E-state index contributed by atoms with van der Waals surface area (Å²) in [6.07, 6.45) is 7.42. The predicted octanol–water partition coefficient (Wildman–Crippen LogP) is 1.04. The molecule has 1 aliphatic carbocycles. The highest BCUT2D eigenvalue weighted by Gasteiger charge is 2.55. The zero-order valence-corrected chi connectivity index (χ0v) is 21.5. The van der Waals surface area contributed by atoms with E-state index in [-0.39, 0.29) is 47.7 Å². The van der Waals surface area contributed by atoms with Crippen LogP contribution in [0.2, 0.25) is 0 Å². The number of hydrogen-bond acceptors (Lipinski definition) is 7. The number of likely N-dealkylation sites (N-methyl/N-ethyl adjacent to an activating group) is 1. The van der Waals surface area contributed by atoms with E-state index in [1.165, 1.54) is 0 Å². The Labute approximate surface area is 213 Å². The summed E-state index contributed by atoms with van der Waals surface area (Å²) in [7, 11) is 2.14. The van der Waals surface area contributed by atoms with Gasteiger partial charge >= 0.3 is 0 Å². The first-order chi connectivity index (χ1) is 17.5. The number of nitrogens with one attached hydrogen (secondary N) is 2. The number of nitrogens with zero attached hydrogens (tertiary/aromatic N) is 4. The van der Waals surface area contributed by atoms with E-state index in [9.17, 15) is 9.59 Å². The third kappa shape index (κ3) is 4.34. The molecule has 9 heteroatoms. The summed E-state index contributed by atoms with van der Waals surface area (Å²) >= 11 is 0. The Bertz CT molecular complexity index is 956. The lowest BCUT2D eigenvalue weighted by atomic mass is 9.65. The van der Waals surface area contributed by atoms with Gasteiger partial charge < -0.3 is 15.0 Å². The molecule has 2 amide bonds. The Kier molecular flexibility index (Phi) is 6.75. The molecular formula is C27H40N6O3. The van der Waals surface area contributed by atoms with Crippen LogP contribution in [0.4, 0.5) is 0 Å². The first-order valence-corrected chi connectivity index (χ1v) is 13.8. The largest absolute Gasteiger partial charge is 0.381 e. The summed E-state index contributed by atoms with van der Waals surface area (Å²) in [5.41, 5.74) is 4.75. The van der Waals surface area contributed by atoms with Crippen LogP contribution in [0.15, 0.2) is 24.5 Å². The molecule has 5 fully saturated rings. The van der Waals surface area contributed by atoms with E-state index in [0.29, 0.717) is 25.0 Å². The number of aromatic nitrogens is 1. The van der Waals surface area contributed by atoms with E-state index in [4.69, 9.17) is 4.74 Å². The number of carbonyl (C=O) groups excluding carboxylic acids is 2. The molecule has 196 valence electrons. The monoisotopic (exact) mass is 496 g/mol. The van der Waals surface area contributed by atoms with Gasteiger partial charge in [0.25, 0.3) is 0 Å². The number of pyridine rings is 1. The third-order valence-corrected chi connectivity index (χ3v) is 9.62. The second kappa shape index (κ2) is 10.0. The van der Waals surface area contributed by atoms with Crippen molar-refractivity contribution in [3.05, 3.63) is 30.1 Å². The van der Waals surface area contributed by atoms with Crippen LogP contribution in [0.1, 0.15) is 44.2 Å². The molecule has 5 aliphatic rings. The van der Waals surface area contributed by atoms with Gasteiger partial charge in [-0.2, -0.15) is 0 Å². The van der Waals surface area contributed by atoms with Crippen LogP contribution < -0.4 is 10.7 Å². The second-order valence-corrected chi connectivity index (χ2v) is 11.6. The molecule has 1 saturated carbocycles. The van der Waals surface area contributed by atoms with Gasteiger partial charge in [-0.3, -0.25) is 24.9 Å². The Morgan fingerprint density at radius 3 is 2.81 bits per heavy atom. The predicted molar refractivity (Wildman–Crippen MR) is 134 cm³/mol. The number of carbonyl (C=O) groups is 2. The smallest absolute Gasteiger partial charge is 0.226 e. The number of amides is 2. The molecular weight excluding hydrogens is 456 g/mol. The van der Waals surface area contributed by atoms with Crippen molar-refractivity contribution in [3.63, 3.8) is 0 Å². The first-order valence-electron chi connectivity index (χ1n) is 13.8. The van der Waals surface area contributed by atoms with Crippen LogP contribution in [0.3, 0.4) is 0 Å². The second-order valence-electron chi connectivity index (χ2n) is 11.6. The molecule has 36 heavy (non-hydrogen) atoms. The molecule has 7 atom stereocenters. The highest BCUT2D eigenvalue weighted by atomic mass is 16.5. The molecule has 1 aromatic heterocycles. The van der Waals surface area contributed by atoms with Gasteiger partial charge in [0.05, 0.1) is 12.0 Å². The molecule has 0 bridgehead atoms. The van der Waals surface area contributed by atoms with E-state index in [2.05, 4.69) is 50.6 Å². The standard InChI is InChI=1S/C27H40N6O3/c1-17-12-23-21(25-22(26(34)30-23)15-29-33(25)19-5-10-36-11-6-19)13-20(17)27(35)32-9-8-31(2)24(16-32)18-4-3-7-28-14-18/h3-4,7,14,17,19-25,29H,5-6,8-13,15-16H2,1-2H3,(H,30,34). The Morgan fingerprint density at radius 1 is 1.19 bits per heavy atom. The summed E-state index contributed by atoms with van der Waals surface area (Å²) in [6.45, 7) is 6.78. The number of piperazine rings is 1. The summed E-state index contributed by atoms with van der Waals surface area (Å²) in [5, 5.41) is 5.75. The lowest BCUT2D eigenvalue weighted by Gasteiger charge is -2.51. The first kappa shape index (κ1) is 24.3. The van der Waals surface area contributed by atoms with Crippen LogP contribution in [0, 0.1) is 23.7 Å². The number of hydrazine groups is 1. The van der Waals surface area contributed by atoms with Crippen molar-refractivity contribution in [2.24, 2.45) is 23.7 Å². The number of fused-ring (bicyclic) bond motifs is 3. The number of piperidine rings is 1. The zero-order chi connectivity index (χ0) is 24.8. The van der Waals surface area contributed by atoms with Crippen molar-refractivity contribution >= 4 is 11.8 Å². The number of ether oxygens (including phenoxy) is 1. The minimum atomic E-state index is -0.0446. The van der Waals surface area contributed by atoms with Gasteiger partial charge in [-0.05, 0) is 56.2 Å². The molecule has 1 aromatic rings. The molecule has 4 saturated heterocycles. The highest BCUT2D eigenvalue weighted by Crippen LogP contribution is 2.44. The van der Waals surface area contributed by atoms with Crippen LogP contribution in [0.25, 0.3) is 0 Å². The van der Waals surface area contributed by atoms with Crippen molar-refractivity contribution in [1.29, 1.82) is 0 Å². The Balaban J connectivity index is 1.20. The lowest BCUT2D eigenvalue weighted by Crippen LogP contribution is -2.64. The third-order valence-electron chi connectivity index (χ3n) is 9.62. The van der Waals surface area contributed by atoms with Crippen molar-refractivity contribution in [3.8, 4) is 0 Å². The zero-order valence-electron chi connectivity index (χ0n) is 21.5. The van der Waals surface area contributed by atoms with Gasteiger partial charge in [0.2, 0.25) is 11.8 Å². The molecule has 2 N–H and O–H groups in total. The number of hydrogen-bond donors (Lipinski definition) is 2. The maximum atomic E-state index is 14.0. The van der Waals surface area contributed by atoms with E-state index in [0.717, 1.165) is 57.6 Å². The quantitative estimate of drug-likeness (QED) is 0.646. The van der Waals surface area contributed by atoms with E-state index >= 15 is 0 Å². The van der Waals surface area contributed by atoms with Gasteiger partial charge in [0.15, 0.2) is 0 Å². The summed E-state index contributed by atoms with van der Waals surface area (Å²) in [6, 6.07) is 4.96. The molecule has 6 rings (SSSR count). The molecule has 0 radical (unpaired) electrons. The van der Waals surface area contributed by atoms with Gasteiger partial charge in [-0.15, -0.1) is 0 Å². The summed E-state index contributed by atoms with van der Waals surface area (Å²) < 4.78 is 5.61. The summed E-state index contributed by atoms with van der Waals surface area (Å²) in [5.74, 6) is 0.961. The fraction of sp³-hybridized carbons (Fsp3) is 0.741. The van der Waals surface area contributed by atoms with E-state index in [1.54, 1.807) is 6.20 Å². The minimum Gasteiger partial charge on any atom is -0.381 e. The van der Waals surface area contributed by atoms with Crippen LogP contribution in [-0.2, 0) is 14.3 Å². The van der Waals surface area contributed by atoms with Crippen LogP contribution in [-0.4, -0.2) is 96.2 Å². The van der Waals surface area contributed by atoms with E-state index in [1.807, 2.05) is 12.3 Å². The SMILES string of the molecule is CC1CC2NC(=O)C3CNN(C4CCOCC4)C3C2CC1C(=O)N1CCN(C)C(c2cccnc2)C1. The lowest BCUT2D eigenvalue weighted by molar-refractivity contribution is -0.145. The number of rotatable bonds is 3. The summed E-state index contributed by atoms with van der Waals surface area (Å²) in [4.78, 5) is 35.8. The average molecular weight is 497 g/mol. The fourth-order valence-electron chi connectivity index (χ4n) is 7.56. The van der Waals surface area contributed by atoms with Gasteiger partial charge in [-0.1, -0.05) is 13.0 Å². The van der Waals surface area contributed by atoms with Gasteiger partial charge in [-0.25, -0.2) is 5.01 Å². The van der Waals surface area contributed by atoms with Gasteiger partial charge in [0, 0.05) is 75.8 Å². The molecule has 0 spiro atoms. The molecule has 0 aromatic carbocycles. The van der Waals surface area contributed by atoms with Gasteiger partial charge in [0.1, 0.15) is 0 Å². The Morgan fingerprint density at radius 2 is 2.03 bits per heavy atom. The van der Waals surface area contributed by atoms with Crippen molar-refractivity contribution in [1.82, 2.24) is 30.5 Å². The average Bonchev–Trinajstić information content (AvgIpc) is 3.36. The molecule has 5 heterocycles. The highest BCUT2D eigenvalue weighted by molar-refractivity contribution is 5.82. The minimum absolute atomic E-state index is 0.00278. The van der Waals surface area contributed by atoms with E-state index < -0.39 is 0 Å². The normalized spacial score (nSPS) is 38.3. The fourth-order valence-corrected chi connectivity index (χ4v) is 7.56. The maximum Gasteiger partial charge on any atom is 0.226 e.